The Morgan fingerprint density at radius 1 is 0.356 bits per heavy atom. The molecule has 0 radical (unpaired) electrons. The van der Waals surface area contributed by atoms with Crippen LogP contribution in [0.3, 0.4) is 0 Å². The molecule has 2 aliphatic heterocycles. The second kappa shape index (κ2) is 70.2. The molecule has 19 atom stereocenters. The summed E-state index contributed by atoms with van der Waals surface area (Å²) in [6.07, 6.45) is 28.8. The highest BCUT2D eigenvalue weighted by atomic mass is 31.2. The molecule has 3 fully saturated rings. The zero-order chi connectivity index (χ0) is 86.2. The van der Waals surface area contributed by atoms with Crippen LogP contribution in [0.15, 0.2) is 24.3 Å². The minimum Gasteiger partial charge on any atom is -0.463 e. The van der Waals surface area contributed by atoms with Crippen LogP contribution in [0.5, 0.6) is 0 Å². The molecule has 2 saturated heterocycles. The van der Waals surface area contributed by atoms with Crippen LogP contribution in [0.2, 0.25) is 0 Å². The summed E-state index contributed by atoms with van der Waals surface area (Å²) in [4.78, 5) is 66.5. The molecule has 0 amide bonds. The van der Waals surface area contributed by atoms with Crippen molar-refractivity contribution in [3.8, 4) is 0 Å². The molecule has 25 nitrogen and oxygen atoms in total. The van der Waals surface area contributed by atoms with Crippen molar-refractivity contribution in [2.75, 3.05) is 26.4 Å². The quantitative estimate of drug-likeness (QED) is 0.00889. The zero-order valence-corrected chi connectivity index (χ0v) is 74.8. The number of allylic oxidation sites excluding steroid dienone is 4. The molecule has 1 aliphatic carbocycles. The van der Waals surface area contributed by atoms with Crippen LogP contribution in [-0.2, 0) is 70.7 Å². The van der Waals surface area contributed by atoms with Crippen molar-refractivity contribution in [1.82, 2.24) is 0 Å². The van der Waals surface area contributed by atoms with Crippen molar-refractivity contribution in [2.45, 2.75) is 505 Å². The third kappa shape index (κ3) is 50.2. The number of aliphatic hydroxyl groups excluding tert-OH is 9. The number of hydrogen-bond acceptors (Lipinski definition) is 24. The highest BCUT2D eigenvalue weighted by Crippen LogP contribution is 2.49. The van der Waals surface area contributed by atoms with Crippen LogP contribution in [-0.4, -0.2) is 205 Å². The molecular weight excluding hydrogens is 1540 g/mol. The molecule has 3 aliphatic rings. The first-order valence-electron chi connectivity index (χ1n) is 47.5. The Labute approximate surface area is 711 Å². The predicted octanol–water partition coefficient (Wildman–Crippen LogP) is 17.6. The molecule has 1 saturated carbocycles. The van der Waals surface area contributed by atoms with E-state index < -0.39 is 162 Å². The van der Waals surface area contributed by atoms with E-state index in [4.69, 9.17) is 46.9 Å². The number of phosphoric acid groups is 1. The Hall–Kier alpha value is -3.05. The Morgan fingerprint density at radius 3 is 1.10 bits per heavy atom. The van der Waals surface area contributed by atoms with Crippen LogP contribution in [0.25, 0.3) is 0 Å². The molecular formula is C92H169O25P. The average Bonchev–Trinajstić information content (AvgIpc) is 0.754. The number of hydrogen-bond donors (Lipinski definition) is 10. The van der Waals surface area contributed by atoms with E-state index in [1.165, 1.54) is 148 Å². The van der Waals surface area contributed by atoms with Crippen molar-refractivity contribution < 1.29 is 122 Å². The van der Waals surface area contributed by atoms with Crippen molar-refractivity contribution in [1.29, 1.82) is 0 Å². The van der Waals surface area contributed by atoms with E-state index in [2.05, 4.69) is 58.9 Å². The monoisotopic (exact) mass is 1710 g/mol. The Kier molecular flexibility index (Phi) is 64.9. The first-order chi connectivity index (χ1) is 57.1. The lowest BCUT2D eigenvalue weighted by Gasteiger charge is -2.50. The fraction of sp³-hybridized carbons (Fsp3) is 0.913. The lowest BCUT2D eigenvalue weighted by Crippen LogP contribution is -2.70. The number of ether oxygens (including phenoxy) is 8. The summed E-state index contributed by atoms with van der Waals surface area (Å²) < 4.78 is 73.5. The number of carbonyl (C=O) groups excluding carboxylic acids is 4. The van der Waals surface area contributed by atoms with Crippen molar-refractivity contribution in [3.05, 3.63) is 24.3 Å². The van der Waals surface area contributed by atoms with E-state index in [0.717, 1.165) is 161 Å². The summed E-state index contributed by atoms with van der Waals surface area (Å²) in [6, 6.07) is 0. The van der Waals surface area contributed by atoms with E-state index in [1.807, 2.05) is 0 Å². The maximum Gasteiger partial charge on any atom is 0.472 e. The number of carbonyl (C=O) groups is 4. The summed E-state index contributed by atoms with van der Waals surface area (Å²) >= 11 is 0. The van der Waals surface area contributed by atoms with Crippen molar-refractivity contribution in [2.24, 2.45) is 5.92 Å². The van der Waals surface area contributed by atoms with E-state index in [0.29, 0.717) is 38.0 Å². The minimum atomic E-state index is -5.81. The highest BCUT2D eigenvalue weighted by molar-refractivity contribution is 7.47. The molecule has 10 N–H and O–H groups in total. The van der Waals surface area contributed by atoms with Gasteiger partial charge in [-0.15, -0.1) is 0 Å². The Bertz CT molecular complexity index is 2570. The maximum absolute atomic E-state index is 14.9. The van der Waals surface area contributed by atoms with Gasteiger partial charge in [0.15, 0.2) is 24.8 Å². The minimum absolute atomic E-state index is 0.0162. The number of unbranched alkanes of at least 4 members (excludes halogenated alkanes) is 44. The summed E-state index contributed by atoms with van der Waals surface area (Å²) in [6.45, 7) is 7.90. The number of esters is 4. The third-order valence-electron chi connectivity index (χ3n) is 23.3. The van der Waals surface area contributed by atoms with Gasteiger partial charge in [0.1, 0.15) is 92.6 Å². The van der Waals surface area contributed by atoms with Gasteiger partial charge in [0.25, 0.3) is 0 Å². The first kappa shape index (κ1) is 109. The third-order valence-corrected chi connectivity index (χ3v) is 24.3. The Balaban J connectivity index is 1.93. The fourth-order valence-electron chi connectivity index (χ4n) is 15.7. The van der Waals surface area contributed by atoms with Gasteiger partial charge in [-0.1, -0.05) is 322 Å². The lowest BCUT2D eigenvalue weighted by molar-refractivity contribution is -0.360. The van der Waals surface area contributed by atoms with E-state index in [9.17, 15) is 74.6 Å². The summed E-state index contributed by atoms with van der Waals surface area (Å²) in [5.41, 5.74) is 0. The van der Waals surface area contributed by atoms with Crippen molar-refractivity contribution >= 4 is 31.7 Å². The molecule has 118 heavy (non-hydrogen) atoms. The van der Waals surface area contributed by atoms with Crippen LogP contribution < -0.4 is 0 Å². The smallest absolute Gasteiger partial charge is 0.463 e. The van der Waals surface area contributed by atoms with Crippen LogP contribution in [0.1, 0.15) is 401 Å². The van der Waals surface area contributed by atoms with Gasteiger partial charge in [0.2, 0.25) is 0 Å². The van der Waals surface area contributed by atoms with Gasteiger partial charge in [0.05, 0.1) is 13.2 Å². The predicted molar refractivity (Wildman–Crippen MR) is 458 cm³/mol. The molecule has 26 heteroatoms. The van der Waals surface area contributed by atoms with Crippen molar-refractivity contribution in [3.63, 3.8) is 0 Å². The fourth-order valence-corrected chi connectivity index (χ4v) is 16.6. The standard InChI is InChI=1S/C92H169O25P/c1-6-10-14-18-22-25-28-31-33-36-39-41-44-51-57-63-75(94)108-68-72(111-77(96)65-59-54-48-47-50-56-62-71(5)61-55-49-21-17-13-9-4)69-110-118(106,107)117-90-88(115-91-85(104)81(100)79(98)73(67-93)112-91)84(103)83(102)87(114-78(97)66-60-53-46-43-40-37-34-32-29-26-23-19-15-11-7-2)89(90)116-92-86(105)82(101)80(99)74(113-92)70-109-76(95)64-58-52-45-42-38-35-30-27-24-20-16-12-8-3/h25-26,28-29,71-74,79-93,98-105H,6-24,27,30-70H2,1-5H3,(H,106,107)/b28-25-,29-26-. The largest absolute Gasteiger partial charge is 0.472 e. The van der Waals surface area contributed by atoms with E-state index in [-0.39, 0.29) is 25.7 Å². The molecule has 692 valence electrons. The molecule has 3 rings (SSSR count). The number of phosphoric ester groups is 1. The van der Waals surface area contributed by atoms with Crippen LogP contribution in [0, 0.1) is 5.92 Å². The summed E-state index contributed by atoms with van der Waals surface area (Å²) in [5, 5.41) is 102. The van der Waals surface area contributed by atoms with Crippen LogP contribution in [0.4, 0.5) is 0 Å². The van der Waals surface area contributed by atoms with Gasteiger partial charge < -0.3 is 88.7 Å². The lowest BCUT2D eigenvalue weighted by atomic mass is 9.84. The molecule has 2 heterocycles. The van der Waals surface area contributed by atoms with Gasteiger partial charge in [-0.05, 0) is 83.0 Å². The SMILES string of the molecule is CCCCCC/C=C\CCCCCCCCCC(=O)OCC(COP(=O)(O)OC1C(OC2OC(CO)C(O)C(O)C2O)C(O)C(O)C(OC(=O)CCCCCCCCC/C=C\CCCCCC)C1OC1OC(COC(=O)CCCCCCCCCCCCCCC)C(O)C(O)C1O)OC(=O)CCCCCCCCC(C)CCCCCCCC. The first-order valence-corrected chi connectivity index (χ1v) is 49.0. The van der Waals surface area contributed by atoms with E-state index >= 15 is 0 Å². The number of rotatable bonds is 76. The zero-order valence-electron chi connectivity index (χ0n) is 73.9. The molecule has 0 bridgehead atoms. The second-order valence-corrected chi connectivity index (χ2v) is 35.6. The summed E-state index contributed by atoms with van der Waals surface area (Å²) in [5.74, 6) is -2.30. The van der Waals surface area contributed by atoms with Gasteiger partial charge in [0, 0.05) is 25.7 Å². The summed E-state index contributed by atoms with van der Waals surface area (Å²) in [7, 11) is -5.81. The molecule has 0 aromatic heterocycles. The van der Waals surface area contributed by atoms with Gasteiger partial charge in [-0.25, -0.2) is 4.57 Å². The van der Waals surface area contributed by atoms with Crippen LogP contribution >= 0.6 is 7.82 Å². The highest BCUT2D eigenvalue weighted by Gasteiger charge is 2.60. The van der Waals surface area contributed by atoms with Gasteiger partial charge >= 0.3 is 31.7 Å². The van der Waals surface area contributed by atoms with Gasteiger partial charge in [-0.2, -0.15) is 0 Å². The molecule has 0 aromatic carbocycles. The average molecular weight is 1710 g/mol. The maximum atomic E-state index is 14.9. The molecule has 19 unspecified atom stereocenters. The molecule has 0 spiro atoms. The molecule has 0 aromatic rings. The Morgan fingerprint density at radius 2 is 0.686 bits per heavy atom. The van der Waals surface area contributed by atoms with E-state index in [1.54, 1.807) is 0 Å². The number of aliphatic hydroxyl groups is 9. The normalized spacial score (nSPS) is 25.3. The topological polar surface area (TPSA) is 380 Å². The van der Waals surface area contributed by atoms with Gasteiger partial charge in [-0.3, -0.25) is 28.2 Å². The second-order valence-electron chi connectivity index (χ2n) is 34.1.